The summed E-state index contributed by atoms with van der Waals surface area (Å²) >= 11 is 0. The van der Waals surface area contributed by atoms with E-state index in [1.165, 1.54) is 29.0 Å². The van der Waals surface area contributed by atoms with Crippen molar-refractivity contribution in [3.05, 3.63) is 46.4 Å². The second kappa shape index (κ2) is 20.4. The lowest BCUT2D eigenvalue weighted by atomic mass is 9.96. The number of esters is 1. The molecule has 0 saturated carbocycles. The Morgan fingerprint density at radius 1 is 1.05 bits per heavy atom. The van der Waals surface area contributed by atoms with Gasteiger partial charge in [0.05, 0.1) is 25.6 Å². The molecule has 10 heteroatoms. The van der Waals surface area contributed by atoms with E-state index in [2.05, 4.69) is 19.2 Å². The molecule has 2 N–H and O–H groups in total. The molecule has 224 valence electrons. The fourth-order valence-electron chi connectivity index (χ4n) is 4.14. The second-order valence-corrected chi connectivity index (χ2v) is 9.47. The quantitative estimate of drug-likeness (QED) is 0.179. The second-order valence-electron chi connectivity index (χ2n) is 9.47. The molecule has 0 aliphatic heterocycles. The standard InChI is InChI=1S/C29H42N2O8.CH4/c1-4-21(5-2)11-9-13-23(32)20-31-18-10-12-22(29(31)38)19-25(33)24(30-26(34)16-17-27(35)36)14-7-8-15-28(37)39-6-3;/h8,10,12,15,18,21,24H,4-7,9,11,13-14,16-17,19-20H2,1-3H3,(H,30,34)(H,35,36);1H4/b15-8+;/t24-;/m0./s1. The van der Waals surface area contributed by atoms with Crippen LogP contribution in [-0.4, -0.2) is 51.7 Å². The van der Waals surface area contributed by atoms with Gasteiger partial charge in [0.1, 0.15) is 0 Å². The summed E-state index contributed by atoms with van der Waals surface area (Å²) in [7, 11) is 0. The van der Waals surface area contributed by atoms with Crippen LogP contribution in [0, 0.1) is 5.92 Å². The fraction of sp³-hybridized carbons (Fsp3) is 0.600. The van der Waals surface area contributed by atoms with Gasteiger partial charge in [0.2, 0.25) is 5.91 Å². The molecule has 1 atom stereocenters. The number of carbonyl (C=O) groups is 5. The van der Waals surface area contributed by atoms with Crippen molar-refractivity contribution in [1.29, 1.82) is 0 Å². The molecular weight excluding hydrogens is 516 g/mol. The number of carboxylic acid groups (broad SMARTS) is 1. The molecular formula is C30H46N2O8. The van der Waals surface area contributed by atoms with Gasteiger partial charge in [-0.2, -0.15) is 0 Å². The SMILES string of the molecule is C.CCOC(=O)/C=C/CC[C@H](NC(=O)CCC(=O)O)C(=O)Cc1cccn(CC(=O)CCCC(CC)CC)c1=O. The first-order chi connectivity index (χ1) is 18.6. The molecule has 0 saturated heterocycles. The number of rotatable bonds is 20. The van der Waals surface area contributed by atoms with E-state index in [0.717, 1.165) is 25.7 Å². The number of Topliss-reactive ketones (excluding diaryl/α,β-unsaturated/α-hetero) is 2. The average Bonchev–Trinajstić information content (AvgIpc) is 2.89. The monoisotopic (exact) mass is 562 g/mol. The zero-order valence-corrected chi connectivity index (χ0v) is 23.3. The van der Waals surface area contributed by atoms with Gasteiger partial charge in [-0.05, 0) is 38.2 Å². The van der Waals surface area contributed by atoms with E-state index < -0.39 is 35.2 Å². The number of nitrogens with zero attached hydrogens (tertiary/aromatic N) is 1. The molecule has 1 rings (SSSR count). The highest BCUT2D eigenvalue weighted by molar-refractivity contribution is 5.91. The molecule has 0 aliphatic carbocycles. The van der Waals surface area contributed by atoms with E-state index in [9.17, 15) is 28.8 Å². The number of aromatic nitrogens is 1. The number of hydrogen-bond donors (Lipinski definition) is 2. The predicted octanol–water partition coefficient (Wildman–Crippen LogP) is 4.02. The van der Waals surface area contributed by atoms with Crippen LogP contribution in [0.4, 0.5) is 0 Å². The van der Waals surface area contributed by atoms with Crippen molar-refractivity contribution in [2.24, 2.45) is 5.92 Å². The maximum absolute atomic E-state index is 13.1. The summed E-state index contributed by atoms with van der Waals surface area (Å²) in [5.41, 5.74) is -0.253. The molecule has 40 heavy (non-hydrogen) atoms. The molecule has 0 radical (unpaired) electrons. The summed E-state index contributed by atoms with van der Waals surface area (Å²) in [6.45, 7) is 6.10. The summed E-state index contributed by atoms with van der Waals surface area (Å²) < 4.78 is 6.11. The number of carboxylic acids is 1. The fourth-order valence-corrected chi connectivity index (χ4v) is 4.14. The number of amides is 1. The van der Waals surface area contributed by atoms with Gasteiger partial charge in [0.15, 0.2) is 11.6 Å². The Morgan fingerprint density at radius 2 is 1.75 bits per heavy atom. The van der Waals surface area contributed by atoms with Gasteiger partial charge in [0, 0.05) is 37.1 Å². The largest absolute Gasteiger partial charge is 0.481 e. The lowest BCUT2D eigenvalue weighted by Crippen LogP contribution is -2.42. The minimum absolute atomic E-state index is 0. The van der Waals surface area contributed by atoms with Crippen molar-refractivity contribution in [3.63, 3.8) is 0 Å². The number of ketones is 2. The Balaban J connectivity index is 0.0000152. The van der Waals surface area contributed by atoms with Crippen LogP contribution in [0.3, 0.4) is 0 Å². The summed E-state index contributed by atoms with van der Waals surface area (Å²) in [4.78, 5) is 73.1. The van der Waals surface area contributed by atoms with Gasteiger partial charge in [0.25, 0.3) is 5.56 Å². The average molecular weight is 563 g/mol. The highest BCUT2D eigenvalue weighted by Crippen LogP contribution is 2.16. The van der Waals surface area contributed by atoms with Gasteiger partial charge in [-0.3, -0.25) is 24.0 Å². The van der Waals surface area contributed by atoms with E-state index in [1.807, 2.05) is 0 Å². The van der Waals surface area contributed by atoms with Crippen LogP contribution in [0.5, 0.6) is 0 Å². The van der Waals surface area contributed by atoms with Gasteiger partial charge in [-0.25, -0.2) is 4.79 Å². The number of allylic oxidation sites excluding steroid dienone is 1. The van der Waals surface area contributed by atoms with Crippen LogP contribution < -0.4 is 10.9 Å². The van der Waals surface area contributed by atoms with Crippen LogP contribution >= 0.6 is 0 Å². The van der Waals surface area contributed by atoms with E-state index in [1.54, 1.807) is 13.0 Å². The molecule has 0 bridgehead atoms. The number of ether oxygens (including phenoxy) is 1. The first kappa shape index (κ1) is 36.4. The Labute approximate surface area is 237 Å². The maximum Gasteiger partial charge on any atom is 0.330 e. The molecule has 0 unspecified atom stereocenters. The summed E-state index contributed by atoms with van der Waals surface area (Å²) in [6, 6.07) is 2.13. The van der Waals surface area contributed by atoms with Crippen molar-refractivity contribution in [1.82, 2.24) is 9.88 Å². The molecule has 0 aromatic carbocycles. The van der Waals surface area contributed by atoms with Gasteiger partial charge >= 0.3 is 11.9 Å². The molecule has 10 nitrogen and oxygen atoms in total. The van der Waals surface area contributed by atoms with Crippen LogP contribution in [0.15, 0.2) is 35.3 Å². The Bertz CT molecular complexity index is 1060. The topological polar surface area (TPSA) is 149 Å². The molecule has 1 heterocycles. The van der Waals surface area contributed by atoms with E-state index in [0.29, 0.717) is 12.3 Å². The zero-order valence-electron chi connectivity index (χ0n) is 23.3. The Morgan fingerprint density at radius 3 is 2.38 bits per heavy atom. The van der Waals surface area contributed by atoms with Gasteiger partial charge in [-0.15, -0.1) is 0 Å². The van der Waals surface area contributed by atoms with Crippen molar-refractivity contribution >= 4 is 29.4 Å². The maximum atomic E-state index is 13.1. The van der Waals surface area contributed by atoms with Crippen LogP contribution in [-0.2, 0) is 41.7 Å². The summed E-state index contributed by atoms with van der Waals surface area (Å²) in [5, 5.41) is 11.4. The Kier molecular flexibility index (Phi) is 18.5. The molecule has 1 amide bonds. The first-order valence-electron chi connectivity index (χ1n) is 13.7. The molecule has 0 fully saturated rings. The minimum atomic E-state index is -1.14. The van der Waals surface area contributed by atoms with Crippen LogP contribution in [0.25, 0.3) is 0 Å². The summed E-state index contributed by atoms with van der Waals surface area (Å²) in [6.07, 6.45) is 7.99. The normalized spacial score (nSPS) is 11.6. The minimum Gasteiger partial charge on any atom is -0.481 e. The number of carbonyl (C=O) groups excluding carboxylic acids is 4. The van der Waals surface area contributed by atoms with Gasteiger partial charge < -0.3 is 19.7 Å². The Hall–Kier alpha value is -3.56. The molecule has 0 aliphatic rings. The molecule has 1 aromatic rings. The number of nitrogens with one attached hydrogen (secondary N) is 1. The predicted molar refractivity (Wildman–Crippen MR) is 153 cm³/mol. The lowest BCUT2D eigenvalue weighted by Gasteiger charge is -2.17. The van der Waals surface area contributed by atoms with Crippen molar-refractivity contribution in [3.8, 4) is 0 Å². The van der Waals surface area contributed by atoms with Gasteiger partial charge in [-0.1, -0.05) is 52.7 Å². The third-order valence-corrected chi connectivity index (χ3v) is 6.49. The highest BCUT2D eigenvalue weighted by atomic mass is 16.5. The highest BCUT2D eigenvalue weighted by Gasteiger charge is 2.22. The van der Waals surface area contributed by atoms with E-state index in [-0.39, 0.29) is 64.0 Å². The van der Waals surface area contributed by atoms with Crippen molar-refractivity contribution in [2.45, 2.75) is 105 Å². The van der Waals surface area contributed by atoms with Crippen LogP contribution in [0.1, 0.15) is 91.5 Å². The zero-order chi connectivity index (χ0) is 29.2. The number of aliphatic carboxylic acids is 1. The molecule has 1 aromatic heterocycles. The first-order valence-corrected chi connectivity index (χ1v) is 13.7. The summed E-state index contributed by atoms with van der Waals surface area (Å²) in [5.74, 6) is -2.16. The van der Waals surface area contributed by atoms with Crippen LogP contribution in [0.2, 0.25) is 0 Å². The van der Waals surface area contributed by atoms with Crippen molar-refractivity contribution < 1.29 is 33.8 Å². The smallest absolute Gasteiger partial charge is 0.330 e. The van der Waals surface area contributed by atoms with E-state index >= 15 is 0 Å². The number of pyridine rings is 1. The van der Waals surface area contributed by atoms with Crippen molar-refractivity contribution in [2.75, 3.05) is 6.61 Å². The molecule has 0 spiro atoms. The number of hydrogen-bond acceptors (Lipinski definition) is 7. The third kappa shape index (κ3) is 14.6. The lowest BCUT2D eigenvalue weighted by molar-refractivity contribution is -0.139. The third-order valence-electron chi connectivity index (χ3n) is 6.49. The van der Waals surface area contributed by atoms with E-state index in [4.69, 9.17) is 9.84 Å².